The highest BCUT2D eigenvalue weighted by atomic mass is 16.4. The number of nitrogens with one attached hydrogen (secondary N) is 1. The van der Waals surface area contributed by atoms with Crippen molar-refractivity contribution < 1.29 is 10.0 Å². The van der Waals surface area contributed by atoms with Crippen LogP contribution in [0, 0.1) is 5.92 Å². The van der Waals surface area contributed by atoms with Crippen LogP contribution >= 0.6 is 0 Å². The van der Waals surface area contributed by atoms with Gasteiger partial charge < -0.3 is 16.3 Å². The van der Waals surface area contributed by atoms with Crippen LogP contribution in [0.15, 0.2) is 5.16 Å². The van der Waals surface area contributed by atoms with Gasteiger partial charge in [-0.05, 0) is 12.8 Å². The molecular weight excluding hydrogens is 182 g/mol. The maximum Gasteiger partial charge on any atom is 0.222 e. The Bertz CT molecular complexity index is 204. The molecule has 0 radical (unpaired) electrons. The average molecular weight is 201 g/mol. The molecule has 4 N–H and O–H groups in total. The van der Waals surface area contributed by atoms with Crippen molar-refractivity contribution in [2.75, 3.05) is 6.54 Å². The van der Waals surface area contributed by atoms with Crippen molar-refractivity contribution in [3.8, 4) is 0 Å². The van der Waals surface area contributed by atoms with E-state index in [0.29, 0.717) is 19.4 Å². The highest BCUT2D eigenvalue weighted by Gasteiger charge is 2.08. The maximum atomic E-state index is 11.3. The first kappa shape index (κ1) is 12.7. The van der Waals surface area contributed by atoms with Gasteiger partial charge in [0.25, 0.3) is 0 Å². The molecule has 0 aliphatic rings. The van der Waals surface area contributed by atoms with Crippen LogP contribution in [0.5, 0.6) is 0 Å². The first-order valence-corrected chi connectivity index (χ1v) is 4.85. The molecule has 0 saturated heterocycles. The fourth-order valence-electron chi connectivity index (χ4n) is 0.891. The van der Waals surface area contributed by atoms with Gasteiger partial charge in [0, 0.05) is 18.9 Å². The normalized spacial score (nSPS) is 13.7. The minimum absolute atomic E-state index is 0.0545. The summed E-state index contributed by atoms with van der Waals surface area (Å²) >= 11 is 0. The van der Waals surface area contributed by atoms with Crippen LogP contribution in [0.25, 0.3) is 0 Å². The van der Waals surface area contributed by atoms with Crippen molar-refractivity contribution in [2.24, 2.45) is 16.8 Å². The Kier molecular flexibility index (Phi) is 6.53. The van der Waals surface area contributed by atoms with Crippen molar-refractivity contribution in [3.05, 3.63) is 0 Å². The SMILES string of the molecule is CCC(C)C(=O)NCCCC(N)=NO. The molecule has 0 aliphatic heterocycles. The van der Waals surface area contributed by atoms with E-state index in [1.807, 2.05) is 13.8 Å². The van der Waals surface area contributed by atoms with Gasteiger partial charge in [-0.25, -0.2) is 0 Å². The van der Waals surface area contributed by atoms with E-state index >= 15 is 0 Å². The summed E-state index contributed by atoms with van der Waals surface area (Å²) in [5, 5.41) is 13.9. The standard InChI is InChI=1S/C9H19N3O2/c1-3-7(2)9(13)11-6-4-5-8(10)12-14/h7,14H,3-6H2,1-2H3,(H2,10,12)(H,11,13). The zero-order chi connectivity index (χ0) is 11.0. The lowest BCUT2D eigenvalue weighted by Crippen LogP contribution is -2.30. The van der Waals surface area contributed by atoms with Gasteiger partial charge in [0.2, 0.25) is 5.91 Å². The molecule has 0 aliphatic carbocycles. The van der Waals surface area contributed by atoms with E-state index in [4.69, 9.17) is 10.9 Å². The topological polar surface area (TPSA) is 87.7 Å². The zero-order valence-electron chi connectivity index (χ0n) is 8.79. The molecule has 82 valence electrons. The van der Waals surface area contributed by atoms with Crippen LogP contribution in [0.4, 0.5) is 0 Å². The number of nitrogens with two attached hydrogens (primary N) is 1. The predicted molar refractivity (Wildman–Crippen MR) is 55.1 cm³/mol. The number of nitrogens with zero attached hydrogens (tertiary/aromatic N) is 1. The molecule has 0 bridgehead atoms. The fourth-order valence-corrected chi connectivity index (χ4v) is 0.891. The number of carbonyl (C=O) groups is 1. The van der Waals surface area contributed by atoms with Gasteiger partial charge in [0.15, 0.2) is 0 Å². The molecule has 0 aromatic rings. The van der Waals surface area contributed by atoms with E-state index in [0.717, 1.165) is 6.42 Å². The maximum absolute atomic E-state index is 11.3. The Morgan fingerprint density at radius 1 is 1.64 bits per heavy atom. The number of amidine groups is 1. The van der Waals surface area contributed by atoms with E-state index in [9.17, 15) is 4.79 Å². The molecular formula is C9H19N3O2. The summed E-state index contributed by atoms with van der Waals surface area (Å²) in [7, 11) is 0. The van der Waals surface area contributed by atoms with E-state index in [1.54, 1.807) is 0 Å². The van der Waals surface area contributed by atoms with Crippen molar-refractivity contribution >= 4 is 11.7 Å². The predicted octanol–water partition coefficient (Wildman–Crippen LogP) is 0.675. The fraction of sp³-hybridized carbons (Fsp3) is 0.778. The van der Waals surface area contributed by atoms with Gasteiger partial charge in [-0.3, -0.25) is 4.79 Å². The van der Waals surface area contributed by atoms with Crippen molar-refractivity contribution in [2.45, 2.75) is 33.1 Å². The Morgan fingerprint density at radius 3 is 2.79 bits per heavy atom. The van der Waals surface area contributed by atoms with Gasteiger partial charge in [-0.2, -0.15) is 0 Å². The molecule has 1 atom stereocenters. The van der Waals surface area contributed by atoms with Crippen LogP contribution in [0.2, 0.25) is 0 Å². The second-order valence-electron chi connectivity index (χ2n) is 3.30. The molecule has 0 rings (SSSR count). The lowest BCUT2D eigenvalue weighted by Gasteiger charge is -2.09. The summed E-state index contributed by atoms with van der Waals surface area (Å²) < 4.78 is 0. The Balaban J connectivity index is 3.50. The molecule has 0 saturated carbocycles. The Morgan fingerprint density at radius 2 is 2.29 bits per heavy atom. The third-order valence-corrected chi connectivity index (χ3v) is 2.10. The highest BCUT2D eigenvalue weighted by molar-refractivity contribution is 5.80. The van der Waals surface area contributed by atoms with Gasteiger partial charge in [-0.1, -0.05) is 19.0 Å². The summed E-state index contributed by atoms with van der Waals surface area (Å²) in [6.45, 7) is 4.43. The molecule has 5 nitrogen and oxygen atoms in total. The highest BCUT2D eigenvalue weighted by Crippen LogP contribution is 1.99. The molecule has 5 heteroatoms. The molecule has 1 amide bonds. The Labute approximate surface area is 84.4 Å². The lowest BCUT2D eigenvalue weighted by atomic mass is 10.1. The van der Waals surface area contributed by atoms with Crippen LogP contribution in [0.1, 0.15) is 33.1 Å². The molecule has 0 heterocycles. The van der Waals surface area contributed by atoms with Crippen LogP contribution < -0.4 is 11.1 Å². The van der Waals surface area contributed by atoms with Crippen molar-refractivity contribution in [1.29, 1.82) is 0 Å². The number of hydrogen-bond donors (Lipinski definition) is 3. The lowest BCUT2D eigenvalue weighted by molar-refractivity contribution is -0.124. The van der Waals surface area contributed by atoms with Crippen LogP contribution in [0.3, 0.4) is 0 Å². The summed E-state index contributed by atoms with van der Waals surface area (Å²) in [5.41, 5.74) is 5.26. The minimum atomic E-state index is 0.0545. The average Bonchev–Trinajstić information content (AvgIpc) is 2.22. The number of carbonyl (C=O) groups excluding carboxylic acids is 1. The van der Waals surface area contributed by atoms with E-state index in [1.165, 1.54) is 0 Å². The first-order valence-electron chi connectivity index (χ1n) is 4.85. The second kappa shape index (κ2) is 7.17. The van der Waals surface area contributed by atoms with Crippen LogP contribution in [-0.4, -0.2) is 23.5 Å². The van der Waals surface area contributed by atoms with E-state index in [2.05, 4.69) is 10.5 Å². The van der Waals surface area contributed by atoms with E-state index < -0.39 is 0 Å². The van der Waals surface area contributed by atoms with Crippen LogP contribution in [-0.2, 0) is 4.79 Å². The number of hydrogen-bond acceptors (Lipinski definition) is 3. The summed E-state index contributed by atoms with van der Waals surface area (Å²) in [6, 6.07) is 0. The number of rotatable bonds is 6. The van der Waals surface area contributed by atoms with Crippen molar-refractivity contribution in [1.82, 2.24) is 5.32 Å². The second-order valence-corrected chi connectivity index (χ2v) is 3.30. The number of oxime groups is 1. The molecule has 14 heavy (non-hydrogen) atoms. The summed E-state index contributed by atoms with van der Waals surface area (Å²) in [4.78, 5) is 11.3. The quantitative estimate of drug-likeness (QED) is 0.194. The largest absolute Gasteiger partial charge is 0.409 e. The number of amides is 1. The monoisotopic (exact) mass is 201 g/mol. The van der Waals surface area contributed by atoms with E-state index in [-0.39, 0.29) is 17.7 Å². The molecule has 0 spiro atoms. The smallest absolute Gasteiger partial charge is 0.222 e. The summed E-state index contributed by atoms with van der Waals surface area (Å²) in [6.07, 6.45) is 2.03. The molecule has 0 aromatic heterocycles. The molecule has 0 fully saturated rings. The van der Waals surface area contributed by atoms with Crippen molar-refractivity contribution in [3.63, 3.8) is 0 Å². The summed E-state index contributed by atoms with van der Waals surface area (Å²) in [5.74, 6) is 0.314. The minimum Gasteiger partial charge on any atom is -0.409 e. The Hall–Kier alpha value is -1.26. The molecule has 0 aromatic carbocycles. The third-order valence-electron chi connectivity index (χ3n) is 2.10. The van der Waals surface area contributed by atoms with Gasteiger partial charge >= 0.3 is 0 Å². The van der Waals surface area contributed by atoms with Gasteiger partial charge in [0.05, 0.1) is 0 Å². The zero-order valence-corrected chi connectivity index (χ0v) is 8.79. The van der Waals surface area contributed by atoms with Gasteiger partial charge in [0.1, 0.15) is 5.84 Å². The first-order chi connectivity index (χ1) is 6.61. The van der Waals surface area contributed by atoms with Gasteiger partial charge in [-0.15, -0.1) is 0 Å². The molecule has 1 unspecified atom stereocenters. The third kappa shape index (κ3) is 5.40.